The van der Waals surface area contributed by atoms with E-state index in [0.29, 0.717) is 11.1 Å². The molecule has 2 heterocycles. The van der Waals surface area contributed by atoms with Gasteiger partial charge in [-0.2, -0.15) is 13.2 Å². The monoisotopic (exact) mass is 527 g/mol. The van der Waals surface area contributed by atoms with Crippen molar-refractivity contribution < 1.29 is 32.4 Å². The molecule has 0 spiro atoms. The zero-order valence-corrected chi connectivity index (χ0v) is 19.9. The van der Waals surface area contributed by atoms with E-state index in [2.05, 4.69) is 10.5 Å². The molecule has 1 fully saturated rings. The van der Waals surface area contributed by atoms with Crippen LogP contribution in [-0.2, 0) is 20.0 Å². The predicted molar refractivity (Wildman–Crippen MR) is 121 cm³/mol. The Balaban J connectivity index is 1.57. The Kier molecular flexibility index (Phi) is 6.31. The van der Waals surface area contributed by atoms with Crippen LogP contribution < -0.4 is 5.32 Å². The number of imide groups is 1. The molecular weight excluding hydrogens is 510 g/mol. The van der Waals surface area contributed by atoms with E-state index in [1.165, 1.54) is 31.3 Å². The van der Waals surface area contributed by atoms with Gasteiger partial charge in [-0.15, -0.1) is 0 Å². The fourth-order valence-electron chi connectivity index (χ4n) is 4.05. The number of likely N-dealkylation sites (N-methyl/N-ethyl adjacent to an activating group) is 1. The Morgan fingerprint density at radius 1 is 1.17 bits per heavy atom. The lowest BCUT2D eigenvalue weighted by Crippen LogP contribution is -2.42. The van der Waals surface area contributed by atoms with E-state index >= 15 is 0 Å². The van der Waals surface area contributed by atoms with Crippen LogP contribution in [0.2, 0.25) is 10.0 Å². The maximum atomic E-state index is 14.2. The number of nitrogens with zero attached hydrogens (tertiary/aromatic N) is 2. The van der Waals surface area contributed by atoms with Crippen molar-refractivity contribution in [3.05, 3.63) is 68.7 Å². The second-order valence-electron chi connectivity index (χ2n) is 8.34. The van der Waals surface area contributed by atoms with Gasteiger partial charge in [0.15, 0.2) is 0 Å². The molecule has 35 heavy (non-hydrogen) atoms. The third-order valence-electron chi connectivity index (χ3n) is 6.01. The molecule has 2 aromatic carbocycles. The zero-order valence-electron chi connectivity index (χ0n) is 18.4. The van der Waals surface area contributed by atoms with Crippen molar-refractivity contribution in [2.24, 2.45) is 5.16 Å². The molecule has 2 atom stereocenters. The van der Waals surface area contributed by atoms with Crippen LogP contribution in [0.3, 0.4) is 0 Å². The van der Waals surface area contributed by atoms with Gasteiger partial charge >= 0.3 is 6.18 Å². The van der Waals surface area contributed by atoms with Crippen molar-refractivity contribution in [1.29, 1.82) is 0 Å². The Labute approximate surface area is 207 Å². The fourth-order valence-corrected chi connectivity index (χ4v) is 4.57. The highest BCUT2D eigenvalue weighted by Crippen LogP contribution is 2.49. The molecule has 0 aliphatic carbocycles. The molecule has 2 unspecified atom stereocenters. The molecule has 0 saturated carbocycles. The molecule has 184 valence electrons. The molecular formula is C23H18Cl2F3N3O4. The molecule has 1 saturated heterocycles. The van der Waals surface area contributed by atoms with Gasteiger partial charge in [-0.3, -0.25) is 19.3 Å². The van der Waals surface area contributed by atoms with Gasteiger partial charge in [0, 0.05) is 34.6 Å². The van der Waals surface area contributed by atoms with E-state index in [0.717, 1.165) is 17.0 Å². The summed E-state index contributed by atoms with van der Waals surface area (Å²) < 4.78 is 42.6. The minimum Gasteiger partial charge on any atom is -0.374 e. The summed E-state index contributed by atoms with van der Waals surface area (Å²) in [6.45, 7) is 1.59. The number of benzene rings is 2. The number of amides is 3. The van der Waals surface area contributed by atoms with E-state index in [4.69, 9.17) is 28.0 Å². The van der Waals surface area contributed by atoms with Crippen molar-refractivity contribution in [3.8, 4) is 0 Å². The minimum absolute atomic E-state index is 0.0201. The van der Waals surface area contributed by atoms with Gasteiger partial charge in [-0.25, -0.2) is 0 Å². The van der Waals surface area contributed by atoms with E-state index in [-0.39, 0.29) is 33.3 Å². The molecule has 0 bridgehead atoms. The molecule has 12 heteroatoms. The number of carbonyl (C=O) groups is 3. The number of oxime groups is 1. The summed E-state index contributed by atoms with van der Waals surface area (Å²) in [5.74, 6) is -1.50. The lowest BCUT2D eigenvalue weighted by atomic mass is 9.86. The number of alkyl halides is 3. The highest BCUT2D eigenvalue weighted by Gasteiger charge is 2.62. The van der Waals surface area contributed by atoms with Crippen LogP contribution in [0, 0.1) is 6.92 Å². The molecule has 2 aromatic rings. The first kappa shape index (κ1) is 25.0. The van der Waals surface area contributed by atoms with Crippen molar-refractivity contribution in [2.75, 3.05) is 7.05 Å². The molecule has 1 N–H and O–H groups in total. The summed E-state index contributed by atoms with van der Waals surface area (Å²) in [4.78, 5) is 42.3. The number of hydrogen-bond acceptors (Lipinski definition) is 5. The number of rotatable bonds is 4. The summed E-state index contributed by atoms with van der Waals surface area (Å²) >= 11 is 11.8. The summed E-state index contributed by atoms with van der Waals surface area (Å²) in [5, 5.41) is 6.27. The highest BCUT2D eigenvalue weighted by molar-refractivity contribution is 6.34. The summed E-state index contributed by atoms with van der Waals surface area (Å²) in [6.07, 6.45) is -5.61. The van der Waals surface area contributed by atoms with Crippen LogP contribution in [0.15, 0.2) is 41.6 Å². The van der Waals surface area contributed by atoms with Gasteiger partial charge in [0.25, 0.3) is 17.4 Å². The van der Waals surface area contributed by atoms with Gasteiger partial charge in [0.05, 0.1) is 12.1 Å². The van der Waals surface area contributed by atoms with E-state index in [9.17, 15) is 27.6 Å². The first-order valence-electron chi connectivity index (χ1n) is 10.3. The van der Waals surface area contributed by atoms with E-state index in [1.54, 1.807) is 6.92 Å². The zero-order chi connectivity index (χ0) is 25.7. The van der Waals surface area contributed by atoms with Crippen LogP contribution in [0.25, 0.3) is 0 Å². The van der Waals surface area contributed by atoms with Crippen LogP contribution in [0.4, 0.5) is 13.2 Å². The summed E-state index contributed by atoms with van der Waals surface area (Å²) in [7, 11) is 1.33. The number of likely N-dealkylation sites (tertiary alicyclic amines) is 1. The van der Waals surface area contributed by atoms with Crippen LogP contribution in [-0.4, -0.2) is 47.6 Å². The Morgan fingerprint density at radius 2 is 1.83 bits per heavy atom. The summed E-state index contributed by atoms with van der Waals surface area (Å²) in [6, 6.07) is 6.96. The van der Waals surface area contributed by atoms with Crippen molar-refractivity contribution in [3.63, 3.8) is 0 Å². The maximum absolute atomic E-state index is 14.2. The predicted octanol–water partition coefficient (Wildman–Crippen LogP) is 4.37. The minimum atomic E-state index is -4.83. The van der Waals surface area contributed by atoms with Gasteiger partial charge in [-0.05, 0) is 48.4 Å². The summed E-state index contributed by atoms with van der Waals surface area (Å²) in [5.41, 5.74) is -2.08. The molecule has 2 aliphatic heterocycles. The third kappa shape index (κ3) is 4.48. The van der Waals surface area contributed by atoms with Crippen LogP contribution in [0.1, 0.15) is 39.9 Å². The maximum Gasteiger partial charge on any atom is 0.435 e. The van der Waals surface area contributed by atoms with Gasteiger partial charge < -0.3 is 10.2 Å². The lowest BCUT2D eigenvalue weighted by Gasteiger charge is -2.29. The molecule has 3 amide bonds. The first-order chi connectivity index (χ1) is 16.3. The normalized spacial score (nSPS) is 22.3. The van der Waals surface area contributed by atoms with E-state index in [1.807, 2.05) is 0 Å². The highest BCUT2D eigenvalue weighted by atomic mass is 35.5. The average molecular weight is 528 g/mol. The van der Waals surface area contributed by atoms with Gasteiger partial charge in [0.2, 0.25) is 5.91 Å². The van der Waals surface area contributed by atoms with Crippen molar-refractivity contribution >= 4 is 46.6 Å². The molecule has 2 aliphatic rings. The smallest absolute Gasteiger partial charge is 0.374 e. The van der Waals surface area contributed by atoms with Crippen molar-refractivity contribution in [2.45, 2.75) is 37.6 Å². The number of nitrogens with one attached hydrogen (secondary N) is 1. The van der Waals surface area contributed by atoms with Gasteiger partial charge in [0.1, 0.15) is 6.04 Å². The average Bonchev–Trinajstić information content (AvgIpc) is 3.32. The number of hydrogen-bond donors (Lipinski definition) is 1. The fraction of sp³-hybridized carbons (Fsp3) is 0.304. The second-order valence-corrected chi connectivity index (χ2v) is 9.21. The van der Waals surface area contributed by atoms with E-state index < -0.39 is 42.0 Å². The SMILES string of the molecule is Cc1cc(C2=NOC(c3cc(Cl)cc(Cl)c3)(C(F)(F)F)C2)ccc1C(=O)NC1CC(=O)N(C)C1=O. The standard InChI is InChI=1S/C23H18Cl2F3N3O4/c1-11-5-12(3-4-16(11)20(33)29-17-9-19(32)31(2)21(17)34)18-10-22(35-30-18,23(26,27)28)13-6-14(24)8-15(25)7-13/h3-8,17H,9-10H2,1-2H3,(H,29,33). The van der Waals surface area contributed by atoms with Crippen molar-refractivity contribution in [1.82, 2.24) is 10.2 Å². The number of carbonyl (C=O) groups excluding carboxylic acids is 3. The topological polar surface area (TPSA) is 88.1 Å². The third-order valence-corrected chi connectivity index (χ3v) is 6.44. The molecule has 0 aromatic heterocycles. The van der Waals surface area contributed by atoms with Gasteiger partial charge in [-0.1, -0.05) is 34.4 Å². The molecule has 7 nitrogen and oxygen atoms in total. The number of aryl methyl sites for hydroxylation is 1. The van der Waals surface area contributed by atoms with Crippen LogP contribution >= 0.6 is 23.2 Å². The first-order valence-corrected chi connectivity index (χ1v) is 11.1. The second kappa shape index (κ2) is 8.83. The van der Waals surface area contributed by atoms with Crippen LogP contribution in [0.5, 0.6) is 0 Å². The Morgan fingerprint density at radius 3 is 2.37 bits per heavy atom. The largest absolute Gasteiger partial charge is 0.435 e. The Bertz CT molecular complexity index is 1260. The Hall–Kier alpha value is -3.11. The molecule has 4 rings (SSSR count). The lowest BCUT2D eigenvalue weighted by molar-refractivity contribution is -0.275. The quantitative estimate of drug-likeness (QED) is 0.598. The number of halogens is 5. The molecule has 0 radical (unpaired) electrons.